The molecule has 0 spiro atoms. The normalized spacial score (nSPS) is 11.9. The number of fused-ring (bicyclic) bond motifs is 12. The number of hydrogen-bond donors (Lipinski definition) is 0. The largest absolute Gasteiger partial charge is 0.294 e. The van der Waals surface area contributed by atoms with E-state index in [0.29, 0.717) is 5.82 Å². The minimum Gasteiger partial charge on any atom is -0.294 e. The molecular weight excluding hydrogens is 827 g/mol. The molecule has 0 fully saturated rings. The lowest BCUT2D eigenvalue weighted by Gasteiger charge is -2.15. The van der Waals surface area contributed by atoms with Gasteiger partial charge in [-0.25, -0.2) is 9.97 Å². The summed E-state index contributed by atoms with van der Waals surface area (Å²) in [6.45, 7) is 2.14. The molecule has 0 bridgehead atoms. The van der Waals surface area contributed by atoms with Gasteiger partial charge in [0.25, 0.3) is 0 Å². The van der Waals surface area contributed by atoms with Gasteiger partial charge in [-0.1, -0.05) is 157 Å². The van der Waals surface area contributed by atoms with Crippen LogP contribution in [-0.2, 0) is 0 Å². The monoisotopic (exact) mass is 865 g/mol. The van der Waals surface area contributed by atoms with Crippen LogP contribution in [0.2, 0.25) is 0 Å². The molecule has 4 aromatic heterocycles. The fraction of sp³-hybridized carbons (Fsp3) is 0.0159. The fourth-order valence-electron chi connectivity index (χ4n) is 10.7. The number of aryl methyl sites for hydroxylation is 1. The van der Waals surface area contributed by atoms with Gasteiger partial charge in [0.15, 0.2) is 5.82 Å². The second-order valence-electron chi connectivity index (χ2n) is 17.9. The lowest BCUT2D eigenvalue weighted by molar-refractivity contribution is 1.05. The molecule has 0 saturated heterocycles. The van der Waals surface area contributed by atoms with Crippen molar-refractivity contribution in [2.45, 2.75) is 6.92 Å². The predicted octanol–water partition coefficient (Wildman–Crippen LogP) is 16.3. The van der Waals surface area contributed by atoms with Gasteiger partial charge in [-0.05, 0) is 121 Å². The van der Waals surface area contributed by atoms with E-state index in [1.165, 1.54) is 65.3 Å². The first-order chi connectivity index (χ1) is 33.6. The molecule has 4 heterocycles. The van der Waals surface area contributed by atoms with Crippen LogP contribution in [0.5, 0.6) is 0 Å². The Hall–Kier alpha value is -9.06. The van der Waals surface area contributed by atoms with Crippen molar-refractivity contribution in [3.63, 3.8) is 0 Å². The summed E-state index contributed by atoms with van der Waals surface area (Å²) >= 11 is 0. The van der Waals surface area contributed by atoms with Gasteiger partial charge in [0.05, 0.1) is 27.8 Å². The molecule has 0 aliphatic rings. The van der Waals surface area contributed by atoms with Crippen molar-refractivity contribution >= 4 is 86.7 Å². The molecule has 5 heteroatoms. The van der Waals surface area contributed by atoms with E-state index < -0.39 is 0 Å². The van der Waals surface area contributed by atoms with Crippen LogP contribution in [0, 0.1) is 6.92 Å². The van der Waals surface area contributed by atoms with Gasteiger partial charge in [-0.15, -0.1) is 0 Å². The Labute approximate surface area is 391 Å². The van der Waals surface area contributed by atoms with E-state index in [2.05, 4.69) is 206 Å². The molecule has 10 aromatic carbocycles. The van der Waals surface area contributed by atoms with E-state index in [4.69, 9.17) is 19.9 Å². The smallest absolute Gasteiger partial charge is 0.164 e. The third-order valence-electron chi connectivity index (χ3n) is 13.9. The first-order valence-electron chi connectivity index (χ1n) is 23.1. The van der Waals surface area contributed by atoms with Gasteiger partial charge in [0, 0.05) is 51.1 Å². The van der Waals surface area contributed by atoms with Crippen molar-refractivity contribution in [3.05, 3.63) is 224 Å². The van der Waals surface area contributed by atoms with Gasteiger partial charge in [-0.2, -0.15) is 0 Å². The molecule has 0 unspecified atom stereocenters. The highest BCUT2D eigenvalue weighted by Gasteiger charge is 2.22. The van der Waals surface area contributed by atoms with E-state index >= 15 is 0 Å². The van der Waals surface area contributed by atoms with Gasteiger partial charge in [0.2, 0.25) is 0 Å². The summed E-state index contributed by atoms with van der Waals surface area (Å²) < 4.78 is 2.35. The van der Waals surface area contributed by atoms with Gasteiger partial charge < -0.3 is 0 Å². The number of rotatable bonds is 5. The first kappa shape index (κ1) is 38.2. The molecule has 0 aliphatic heterocycles. The Bertz CT molecular complexity index is 4280. The van der Waals surface area contributed by atoms with Gasteiger partial charge >= 0.3 is 0 Å². The molecule has 68 heavy (non-hydrogen) atoms. The second kappa shape index (κ2) is 15.0. The van der Waals surface area contributed by atoms with Crippen molar-refractivity contribution < 1.29 is 0 Å². The van der Waals surface area contributed by atoms with E-state index in [0.717, 1.165) is 71.8 Å². The van der Waals surface area contributed by atoms with Crippen molar-refractivity contribution in [1.29, 1.82) is 0 Å². The topological polar surface area (TPSA) is 56.5 Å². The maximum absolute atomic E-state index is 5.55. The van der Waals surface area contributed by atoms with Crippen LogP contribution in [0.25, 0.3) is 137 Å². The molecule has 14 rings (SSSR count). The molecule has 0 N–H and O–H groups in total. The summed E-state index contributed by atoms with van der Waals surface area (Å²) in [7, 11) is 0. The maximum Gasteiger partial charge on any atom is 0.164 e. The summed E-state index contributed by atoms with van der Waals surface area (Å²) in [5.41, 5.74) is 12.4. The third-order valence-corrected chi connectivity index (χ3v) is 13.9. The molecule has 0 aliphatic carbocycles. The molecule has 5 nitrogen and oxygen atoms in total. The number of para-hydroxylation sites is 2. The molecule has 0 radical (unpaired) electrons. The zero-order valence-electron chi connectivity index (χ0n) is 37.0. The highest BCUT2D eigenvalue weighted by atomic mass is 15.1. The Morgan fingerprint density at radius 3 is 1.68 bits per heavy atom. The standard InChI is InChI=1S/C63H39N5/c1-38-23-25-39(26-24-38)43-28-30-58-55(33-43)56-35-53-48-19-5-4-18-47(48)52-34-44(46-20-6-12-40-11-2-3-17-45(40)46)27-29-49(52)54(53)36-59(56)68(58)60-37-57(50-21-7-13-41-15-9-31-64-61(41)50)66-63(67-60)51-22-8-14-42-16-10-32-65-62(42)51/h2-37H,1H3. The van der Waals surface area contributed by atoms with Crippen LogP contribution in [0.4, 0.5) is 0 Å². The maximum atomic E-state index is 5.55. The number of benzene rings is 10. The van der Waals surface area contributed by atoms with Crippen molar-refractivity contribution in [2.24, 2.45) is 0 Å². The fourth-order valence-corrected chi connectivity index (χ4v) is 10.7. The summed E-state index contributed by atoms with van der Waals surface area (Å²) in [4.78, 5) is 20.7. The number of nitrogens with zero attached hydrogens (tertiary/aromatic N) is 5. The second-order valence-corrected chi connectivity index (χ2v) is 17.9. The number of pyridine rings is 2. The van der Waals surface area contributed by atoms with E-state index in [1.54, 1.807) is 0 Å². The molecule has 0 amide bonds. The lowest BCUT2D eigenvalue weighted by Crippen LogP contribution is -2.03. The summed E-state index contributed by atoms with van der Waals surface area (Å²) in [5.74, 6) is 1.36. The molecular formula is C63H39N5. The van der Waals surface area contributed by atoms with Crippen LogP contribution in [-0.4, -0.2) is 24.5 Å². The number of hydrogen-bond acceptors (Lipinski definition) is 4. The summed E-state index contributed by atoms with van der Waals surface area (Å²) in [5, 5.41) is 14.1. The molecule has 14 aromatic rings. The Morgan fingerprint density at radius 1 is 0.338 bits per heavy atom. The Morgan fingerprint density at radius 2 is 0.897 bits per heavy atom. The molecule has 316 valence electrons. The van der Waals surface area contributed by atoms with Gasteiger partial charge in [0.1, 0.15) is 5.82 Å². The van der Waals surface area contributed by atoms with Gasteiger partial charge in [-0.3, -0.25) is 14.5 Å². The van der Waals surface area contributed by atoms with Crippen LogP contribution in [0.1, 0.15) is 5.56 Å². The summed E-state index contributed by atoms with van der Waals surface area (Å²) in [6.07, 6.45) is 3.69. The van der Waals surface area contributed by atoms with Crippen LogP contribution in [0.3, 0.4) is 0 Å². The van der Waals surface area contributed by atoms with Crippen LogP contribution < -0.4 is 0 Å². The number of aromatic nitrogens is 5. The zero-order chi connectivity index (χ0) is 44.9. The van der Waals surface area contributed by atoms with Crippen molar-refractivity contribution in [1.82, 2.24) is 24.5 Å². The van der Waals surface area contributed by atoms with E-state index in [-0.39, 0.29) is 0 Å². The van der Waals surface area contributed by atoms with Crippen LogP contribution in [0.15, 0.2) is 219 Å². The highest BCUT2D eigenvalue weighted by Crippen LogP contribution is 2.44. The van der Waals surface area contributed by atoms with Crippen molar-refractivity contribution in [3.8, 4) is 50.7 Å². The predicted molar refractivity (Wildman–Crippen MR) is 283 cm³/mol. The minimum atomic E-state index is 0.596. The Kier molecular flexibility index (Phi) is 8.43. The zero-order valence-corrected chi connectivity index (χ0v) is 37.0. The summed E-state index contributed by atoms with van der Waals surface area (Å²) in [6, 6.07) is 74.5. The molecule has 0 atom stereocenters. The first-order valence-corrected chi connectivity index (χ1v) is 23.1. The highest BCUT2D eigenvalue weighted by molar-refractivity contribution is 6.29. The van der Waals surface area contributed by atoms with Crippen molar-refractivity contribution in [2.75, 3.05) is 0 Å². The third kappa shape index (κ3) is 5.96. The quantitative estimate of drug-likeness (QED) is 0.162. The SMILES string of the molecule is Cc1ccc(-c2ccc3c(c2)c2cc4c5ccccc5c5cc(-c6cccc7ccccc67)ccc5c4cc2n3-c2cc(-c3cccc4cccnc34)nc(-c3cccc4cccnc34)n2)cc1. The van der Waals surface area contributed by atoms with Crippen LogP contribution >= 0.6 is 0 Å². The average Bonchev–Trinajstić information content (AvgIpc) is 3.72. The Balaban J connectivity index is 1.10. The van der Waals surface area contributed by atoms with E-state index in [1.807, 2.05) is 24.5 Å². The minimum absolute atomic E-state index is 0.596. The average molecular weight is 866 g/mol. The lowest BCUT2D eigenvalue weighted by atomic mass is 9.90. The van der Waals surface area contributed by atoms with E-state index in [9.17, 15) is 0 Å². The molecule has 0 saturated carbocycles.